The summed E-state index contributed by atoms with van der Waals surface area (Å²) in [5.41, 5.74) is 2.43. The summed E-state index contributed by atoms with van der Waals surface area (Å²) in [4.78, 5) is 12.1. The lowest BCUT2D eigenvalue weighted by Crippen LogP contribution is -2.45. The molecule has 0 atom stereocenters. The molecule has 2 rings (SSSR count). The van der Waals surface area contributed by atoms with Crippen LogP contribution in [0.4, 0.5) is 10.5 Å². The molecule has 0 saturated heterocycles. The van der Waals surface area contributed by atoms with Gasteiger partial charge >= 0.3 is 6.03 Å². The van der Waals surface area contributed by atoms with Gasteiger partial charge in [-0.05, 0) is 44.9 Å². The number of nitrogens with zero attached hydrogens (tertiary/aromatic N) is 3. The van der Waals surface area contributed by atoms with Crippen LogP contribution >= 0.6 is 0 Å². The molecule has 2 N–H and O–H groups in total. The summed E-state index contributed by atoms with van der Waals surface area (Å²) in [6.07, 6.45) is 4.10. The molecule has 1 heterocycles. The fourth-order valence-corrected chi connectivity index (χ4v) is 1.79. The van der Waals surface area contributed by atoms with Crippen LogP contribution in [0.2, 0.25) is 0 Å². The highest BCUT2D eigenvalue weighted by molar-refractivity contribution is 5.90. The Bertz CT molecular complexity index is 619. The van der Waals surface area contributed by atoms with Crippen LogP contribution in [-0.2, 0) is 0 Å². The zero-order chi connectivity index (χ0) is 15.5. The quantitative estimate of drug-likeness (QED) is 0.908. The standard InChI is InChI=1S/C15H21N5O/c1-5-15(3,4)19-14(21)18-13-8-12(7-6-11(13)2)20-9-16-17-10-20/h6-10H,5H2,1-4H3,(H2,18,19,21). The van der Waals surface area contributed by atoms with Gasteiger partial charge in [0.2, 0.25) is 0 Å². The second kappa shape index (κ2) is 5.95. The number of hydrogen-bond acceptors (Lipinski definition) is 3. The number of nitrogens with one attached hydrogen (secondary N) is 2. The zero-order valence-corrected chi connectivity index (χ0v) is 12.8. The van der Waals surface area contributed by atoms with Crippen molar-refractivity contribution in [3.8, 4) is 5.69 Å². The van der Waals surface area contributed by atoms with Gasteiger partial charge < -0.3 is 10.6 Å². The Balaban J connectivity index is 2.16. The lowest BCUT2D eigenvalue weighted by molar-refractivity contribution is 0.240. The van der Waals surface area contributed by atoms with E-state index in [1.54, 1.807) is 17.2 Å². The molecule has 0 unspecified atom stereocenters. The normalized spacial score (nSPS) is 11.2. The summed E-state index contributed by atoms with van der Waals surface area (Å²) in [6, 6.07) is 5.61. The molecule has 0 spiro atoms. The second-order valence-corrected chi connectivity index (χ2v) is 5.68. The van der Waals surface area contributed by atoms with Crippen molar-refractivity contribution in [1.29, 1.82) is 0 Å². The van der Waals surface area contributed by atoms with Crippen LogP contribution in [0.1, 0.15) is 32.8 Å². The van der Waals surface area contributed by atoms with E-state index in [0.717, 1.165) is 23.4 Å². The first-order valence-corrected chi connectivity index (χ1v) is 6.96. The maximum atomic E-state index is 12.1. The summed E-state index contributed by atoms with van der Waals surface area (Å²) < 4.78 is 1.79. The van der Waals surface area contributed by atoms with Gasteiger partial charge in [0.1, 0.15) is 12.7 Å². The van der Waals surface area contributed by atoms with Crippen molar-refractivity contribution in [2.75, 3.05) is 5.32 Å². The van der Waals surface area contributed by atoms with Gasteiger partial charge in [-0.1, -0.05) is 13.0 Å². The zero-order valence-electron chi connectivity index (χ0n) is 12.8. The molecule has 0 saturated carbocycles. The molecule has 6 heteroatoms. The summed E-state index contributed by atoms with van der Waals surface area (Å²) in [5, 5.41) is 13.4. The molecular formula is C15H21N5O. The van der Waals surface area contributed by atoms with E-state index in [4.69, 9.17) is 0 Å². The van der Waals surface area contributed by atoms with Crippen LogP contribution in [-0.4, -0.2) is 26.3 Å². The number of aryl methyl sites for hydroxylation is 1. The molecular weight excluding hydrogens is 266 g/mol. The number of amides is 2. The van der Waals surface area contributed by atoms with Gasteiger partial charge in [0.05, 0.1) is 5.69 Å². The minimum atomic E-state index is -0.232. The number of hydrogen-bond donors (Lipinski definition) is 2. The van der Waals surface area contributed by atoms with Crippen molar-refractivity contribution in [2.24, 2.45) is 0 Å². The molecule has 1 aromatic heterocycles. The highest BCUT2D eigenvalue weighted by Gasteiger charge is 2.18. The lowest BCUT2D eigenvalue weighted by Gasteiger charge is -2.25. The number of benzene rings is 1. The molecule has 112 valence electrons. The molecule has 0 aliphatic heterocycles. The number of carbonyl (C=O) groups excluding carboxylic acids is 1. The van der Waals surface area contributed by atoms with Gasteiger partial charge in [-0.3, -0.25) is 4.57 Å². The number of carbonyl (C=O) groups is 1. The minimum Gasteiger partial charge on any atom is -0.333 e. The maximum Gasteiger partial charge on any atom is 0.319 e. The molecule has 0 fully saturated rings. The largest absolute Gasteiger partial charge is 0.333 e. The molecule has 2 amide bonds. The molecule has 2 aromatic rings. The van der Waals surface area contributed by atoms with E-state index in [-0.39, 0.29) is 11.6 Å². The third kappa shape index (κ3) is 3.81. The van der Waals surface area contributed by atoms with Crippen LogP contribution in [0.15, 0.2) is 30.9 Å². The maximum absolute atomic E-state index is 12.1. The Morgan fingerprint density at radius 2 is 1.95 bits per heavy atom. The summed E-state index contributed by atoms with van der Waals surface area (Å²) in [6.45, 7) is 7.98. The average molecular weight is 287 g/mol. The van der Waals surface area contributed by atoms with Gasteiger partial charge in [0.15, 0.2) is 0 Å². The average Bonchev–Trinajstić information content (AvgIpc) is 2.94. The van der Waals surface area contributed by atoms with Gasteiger partial charge in [0.25, 0.3) is 0 Å². The number of urea groups is 1. The molecule has 1 aromatic carbocycles. The van der Waals surface area contributed by atoms with Crippen molar-refractivity contribution in [3.05, 3.63) is 36.4 Å². The van der Waals surface area contributed by atoms with Crippen molar-refractivity contribution in [3.63, 3.8) is 0 Å². The van der Waals surface area contributed by atoms with Crippen LogP contribution in [0.3, 0.4) is 0 Å². The predicted octanol–water partition coefficient (Wildman–Crippen LogP) is 2.89. The summed E-state index contributed by atoms with van der Waals surface area (Å²) in [7, 11) is 0. The molecule has 0 aliphatic rings. The summed E-state index contributed by atoms with van der Waals surface area (Å²) in [5.74, 6) is 0. The Morgan fingerprint density at radius 3 is 2.57 bits per heavy atom. The third-order valence-corrected chi connectivity index (χ3v) is 3.52. The Morgan fingerprint density at radius 1 is 1.29 bits per heavy atom. The number of anilines is 1. The fourth-order valence-electron chi connectivity index (χ4n) is 1.79. The van der Waals surface area contributed by atoms with Crippen molar-refractivity contribution >= 4 is 11.7 Å². The molecule has 0 bridgehead atoms. The fraction of sp³-hybridized carbons (Fsp3) is 0.400. The topological polar surface area (TPSA) is 71.8 Å². The van der Waals surface area contributed by atoms with E-state index in [2.05, 4.69) is 20.8 Å². The molecule has 0 radical (unpaired) electrons. The SMILES string of the molecule is CCC(C)(C)NC(=O)Nc1cc(-n2cnnc2)ccc1C. The van der Waals surface area contributed by atoms with Crippen molar-refractivity contribution < 1.29 is 4.79 Å². The van der Waals surface area contributed by atoms with Gasteiger partial charge in [0, 0.05) is 11.2 Å². The van der Waals surface area contributed by atoms with Crippen LogP contribution in [0.25, 0.3) is 5.69 Å². The highest BCUT2D eigenvalue weighted by atomic mass is 16.2. The molecule has 0 aliphatic carbocycles. The first-order chi connectivity index (χ1) is 9.91. The predicted molar refractivity (Wildman–Crippen MR) is 82.6 cm³/mol. The van der Waals surface area contributed by atoms with E-state index >= 15 is 0 Å². The monoisotopic (exact) mass is 287 g/mol. The van der Waals surface area contributed by atoms with Gasteiger partial charge in [-0.2, -0.15) is 0 Å². The van der Waals surface area contributed by atoms with E-state index in [9.17, 15) is 4.79 Å². The van der Waals surface area contributed by atoms with Crippen molar-refractivity contribution in [1.82, 2.24) is 20.1 Å². The lowest BCUT2D eigenvalue weighted by atomic mass is 10.0. The number of rotatable bonds is 4. The van der Waals surface area contributed by atoms with Crippen molar-refractivity contribution in [2.45, 2.75) is 39.7 Å². The van der Waals surface area contributed by atoms with Crippen LogP contribution in [0, 0.1) is 6.92 Å². The van der Waals surface area contributed by atoms with E-state index in [0.29, 0.717) is 0 Å². The Hall–Kier alpha value is -2.37. The smallest absolute Gasteiger partial charge is 0.319 e. The molecule has 21 heavy (non-hydrogen) atoms. The Labute approximate surface area is 124 Å². The van der Waals surface area contributed by atoms with Crippen LogP contribution < -0.4 is 10.6 Å². The first kappa shape index (κ1) is 15.0. The number of aromatic nitrogens is 3. The third-order valence-electron chi connectivity index (χ3n) is 3.52. The molecule has 6 nitrogen and oxygen atoms in total. The van der Waals surface area contributed by atoms with Gasteiger partial charge in [-0.25, -0.2) is 4.79 Å². The van der Waals surface area contributed by atoms with E-state index in [1.807, 2.05) is 45.9 Å². The van der Waals surface area contributed by atoms with Gasteiger partial charge in [-0.15, -0.1) is 10.2 Å². The summed E-state index contributed by atoms with van der Waals surface area (Å²) >= 11 is 0. The van der Waals surface area contributed by atoms with Crippen LogP contribution in [0.5, 0.6) is 0 Å². The van der Waals surface area contributed by atoms with E-state index in [1.165, 1.54) is 0 Å². The Kier molecular flexibility index (Phi) is 4.26. The second-order valence-electron chi connectivity index (χ2n) is 5.68. The highest BCUT2D eigenvalue weighted by Crippen LogP contribution is 2.19. The first-order valence-electron chi connectivity index (χ1n) is 6.96. The van der Waals surface area contributed by atoms with E-state index < -0.39 is 0 Å². The minimum absolute atomic E-state index is 0.203.